The summed E-state index contributed by atoms with van der Waals surface area (Å²) in [5.41, 5.74) is 0. The lowest BCUT2D eigenvalue weighted by molar-refractivity contribution is 0.477. The van der Waals surface area contributed by atoms with Gasteiger partial charge in [0.05, 0.1) is 0 Å². The number of aromatic nitrogens is 5. The van der Waals surface area contributed by atoms with Crippen molar-refractivity contribution in [3.05, 3.63) is 24.3 Å². The number of thioether (sulfide) groups is 1. The Balaban J connectivity index is 1.68. The van der Waals surface area contributed by atoms with E-state index in [1.54, 1.807) is 25.0 Å². The van der Waals surface area contributed by atoms with E-state index in [9.17, 15) is 0 Å². The standard InChI is InChI=1S/C18H32N8S/c1-15(2)14-26-16(23-24-18(26)27-4)8-5-9-20-17(19-3)21-10-6-12-25-13-7-11-22-25/h7,11,13,15H,5-6,8-10,12,14H2,1-4H3,(H2,19,20,21). The molecule has 8 nitrogen and oxygen atoms in total. The number of aliphatic imine (C=N–C) groups is 1. The Labute approximate surface area is 166 Å². The molecule has 9 heteroatoms. The molecule has 27 heavy (non-hydrogen) atoms. The highest BCUT2D eigenvalue weighted by Crippen LogP contribution is 2.16. The SMILES string of the molecule is CN=C(NCCCc1nnc(SC)n1CC(C)C)NCCCn1cccn1. The fourth-order valence-electron chi connectivity index (χ4n) is 2.76. The maximum atomic E-state index is 4.37. The van der Waals surface area contributed by atoms with Crippen molar-refractivity contribution in [3.8, 4) is 0 Å². The molecule has 2 N–H and O–H groups in total. The Morgan fingerprint density at radius 1 is 1.22 bits per heavy atom. The van der Waals surface area contributed by atoms with Gasteiger partial charge in [0.1, 0.15) is 5.82 Å². The largest absolute Gasteiger partial charge is 0.356 e. The maximum absolute atomic E-state index is 4.37. The zero-order chi connectivity index (χ0) is 19.5. The minimum atomic E-state index is 0.577. The number of guanidine groups is 1. The van der Waals surface area contributed by atoms with Gasteiger partial charge in [0, 0.05) is 52.0 Å². The first-order valence-electron chi connectivity index (χ1n) is 9.52. The highest BCUT2D eigenvalue weighted by molar-refractivity contribution is 7.98. The lowest BCUT2D eigenvalue weighted by atomic mass is 10.2. The molecule has 0 spiro atoms. The van der Waals surface area contributed by atoms with E-state index in [4.69, 9.17) is 0 Å². The second-order valence-corrected chi connectivity index (χ2v) is 7.53. The van der Waals surface area contributed by atoms with Gasteiger partial charge in [-0.25, -0.2) is 0 Å². The molecule has 0 fully saturated rings. The van der Waals surface area contributed by atoms with Gasteiger partial charge in [-0.3, -0.25) is 9.67 Å². The molecule has 0 amide bonds. The van der Waals surface area contributed by atoms with E-state index in [2.05, 4.69) is 49.3 Å². The average molecular weight is 393 g/mol. The normalized spacial score (nSPS) is 12.0. The van der Waals surface area contributed by atoms with Gasteiger partial charge in [-0.1, -0.05) is 25.6 Å². The van der Waals surface area contributed by atoms with E-state index in [0.717, 1.165) is 62.4 Å². The first-order valence-corrected chi connectivity index (χ1v) is 10.7. The molecular formula is C18H32N8S. The van der Waals surface area contributed by atoms with Crippen molar-refractivity contribution in [2.75, 3.05) is 26.4 Å². The molecule has 0 saturated carbocycles. The summed E-state index contributed by atoms with van der Waals surface area (Å²) < 4.78 is 4.19. The number of aryl methyl sites for hydroxylation is 2. The van der Waals surface area contributed by atoms with Crippen molar-refractivity contribution in [3.63, 3.8) is 0 Å². The van der Waals surface area contributed by atoms with Gasteiger partial charge in [-0.15, -0.1) is 10.2 Å². The molecule has 0 aliphatic carbocycles. The number of hydrogen-bond donors (Lipinski definition) is 2. The highest BCUT2D eigenvalue weighted by Gasteiger charge is 2.12. The summed E-state index contributed by atoms with van der Waals surface area (Å²) in [7, 11) is 1.80. The van der Waals surface area contributed by atoms with Crippen LogP contribution in [-0.4, -0.2) is 56.9 Å². The van der Waals surface area contributed by atoms with Crippen molar-refractivity contribution in [2.45, 2.75) is 51.4 Å². The van der Waals surface area contributed by atoms with Crippen molar-refractivity contribution < 1.29 is 0 Å². The average Bonchev–Trinajstić information content (AvgIpc) is 3.30. The third-order valence-electron chi connectivity index (χ3n) is 4.03. The summed E-state index contributed by atoms with van der Waals surface area (Å²) in [6.07, 6.45) is 8.72. The van der Waals surface area contributed by atoms with Crippen molar-refractivity contribution in [1.82, 2.24) is 35.2 Å². The Morgan fingerprint density at radius 3 is 2.63 bits per heavy atom. The molecule has 0 unspecified atom stereocenters. The number of nitrogens with one attached hydrogen (secondary N) is 2. The molecule has 0 aliphatic heterocycles. The fraction of sp³-hybridized carbons (Fsp3) is 0.667. The van der Waals surface area contributed by atoms with Gasteiger partial charge < -0.3 is 15.2 Å². The summed E-state index contributed by atoms with van der Waals surface area (Å²) in [5.74, 6) is 2.48. The second kappa shape index (κ2) is 11.6. The quantitative estimate of drug-likeness (QED) is 0.263. The first-order chi connectivity index (χ1) is 13.1. The number of rotatable bonds is 11. The van der Waals surface area contributed by atoms with Gasteiger partial charge in [0.2, 0.25) is 0 Å². The molecule has 2 heterocycles. The molecule has 2 aromatic rings. The number of hydrogen-bond acceptors (Lipinski definition) is 5. The van der Waals surface area contributed by atoms with E-state index >= 15 is 0 Å². The topological polar surface area (TPSA) is 85.0 Å². The summed E-state index contributed by atoms with van der Waals surface area (Å²) >= 11 is 1.65. The Morgan fingerprint density at radius 2 is 2.00 bits per heavy atom. The molecule has 2 aromatic heterocycles. The van der Waals surface area contributed by atoms with E-state index in [1.165, 1.54) is 0 Å². The minimum absolute atomic E-state index is 0.577. The van der Waals surface area contributed by atoms with Crippen molar-refractivity contribution >= 4 is 17.7 Å². The van der Waals surface area contributed by atoms with Crippen LogP contribution in [0.25, 0.3) is 0 Å². The van der Waals surface area contributed by atoms with Gasteiger partial charge in [0.15, 0.2) is 11.1 Å². The molecule has 2 rings (SSSR count). The number of nitrogens with zero attached hydrogens (tertiary/aromatic N) is 6. The van der Waals surface area contributed by atoms with Crippen LogP contribution in [0.5, 0.6) is 0 Å². The molecule has 0 aliphatic rings. The van der Waals surface area contributed by atoms with Crippen LogP contribution >= 0.6 is 11.8 Å². The third-order valence-corrected chi connectivity index (χ3v) is 4.70. The van der Waals surface area contributed by atoms with Crippen LogP contribution in [0.1, 0.15) is 32.5 Å². The summed E-state index contributed by atoms with van der Waals surface area (Å²) in [6.45, 7) is 8.02. The lowest BCUT2D eigenvalue weighted by Crippen LogP contribution is -2.38. The van der Waals surface area contributed by atoms with Crippen LogP contribution in [0.3, 0.4) is 0 Å². The molecule has 150 valence electrons. The Bertz CT molecular complexity index is 678. The van der Waals surface area contributed by atoms with Crippen LogP contribution in [0.2, 0.25) is 0 Å². The fourth-order valence-corrected chi connectivity index (χ4v) is 3.28. The summed E-state index contributed by atoms with van der Waals surface area (Å²) in [4.78, 5) is 4.28. The van der Waals surface area contributed by atoms with Crippen LogP contribution in [0, 0.1) is 5.92 Å². The molecule has 0 bridgehead atoms. The van der Waals surface area contributed by atoms with E-state index < -0.39 is 0 Å². The predicted octanol–water partition coefficient (Wildman–Crippen LogP) is 2.04. The highest BCUT2D eigenvalue weighted by atomic mass is 32.2. The Kier molecular flexibility index (Phi) is 9.17. The monoisotopic (exact) mass is 392 g/mol. The van der Waals surface area contributed by atoms with Gasteiger partial charge in [-0.05, 0) is 31.1 Å². The van der Waals surface area contributed by atoms with Gasteiger partial charge in [0.25, 0.3) is 0 Å². The molecule has 0 aromatic carbocycles. The second-order valence-electron chi connectivity index (χ2n) is 6.76. The van der Waals surface area contributed by atoms with Crippen molar-refractivity contribution in [2.24, 2.45) is 10.9 Å². The van der Waals surface area contributed by atoms with Gasteiger partial charge >= 0.3 is 0 Å². The molecular weight excluding hydrogens is 360 g/mol. The zero-order valence-electron chi connectivity index (χ0n) is 16.9. The van der Waals surface area contributed by atoms with Gasteiger partial charge in [-0.2, -0.15) is 5.10 Å². The first kappa shape index (κ1) is 21.3. The van der Waals surface area contributed by atoms with Crippen LogP contribution in [0.15, 0.2) is 28.6 Å². The lowest BCUT2D eigenvalue weighted by Gasteiger charge is -2.13. The smallest absolute Gasteiger partial charge is 0.190 e. The third kappa shape index (κ3) is 7.24. The molecule has 0 saturated heterocycles. The van der Waals surface area contributed by atoms with Crippen LogP contribution < -0.4 is 10.6 Å². The molecule has 0 atom stereocenters. The van der Waals surface area contributed by atoms with E-state index in [1.807, 2.05) is 23.2 Å². The van der Waals surface area contributed by atoms with E-state index in [0.29, 0.717) is 5.92 Å². The summed E-state index contributed by atoms with van der Waals surface area (Å²) in [5, 5.41) is 20.6. The Hall–Kier alpha value is -2.03. The summed E-state index contributed by atoms with van der Waals surface area (Å²) in [6, 6.07) is 1.94. The predicted molar refractivity (Wildman–Crippen MR) is 111 cm³/mol. The maximum Gasteiger partial charge on any atom is 0.190 e. The van der Waals surface area contributed by atoms with Crippen LogP contribution in [-0.2, 0) is 19.5 Å². The van der Waals surface area contributed by atoms with Crippen LogP contribution in [0.4, 0.5) is 0 Å². The van der Waals surface area contributed by atoms with E-state index in [-0.39, 0.29) is 0 Å². The zero-order valence-corrected chi connectivity index (χ0v) is 17.7. The minimum Gasteiger partial charge on any atom is -0.356 e. The van der Waals surface area contributed by atoms with Crippen molar-refractivity contribution in [1.29, 1.82) is 0 Å². The molecule has 0 radical (unpaired) electrons.